The zero-order valence-corrected chi connectivity index (χ0v) is 11.6. The first kappa shape index (κ1) is 14.7. The number of nitrogens with one attached hydrogen (secondary N) is 1. The minimum Gasteiger partial charge on any atom is -0.481 e. The second kappa shape index (κ2) is 6.65. The Labute approximate surface area is 121 Å². The number of carbonyl (C=O) groups excluding carboxylic acids is 1. The average Bonchev–Trinajstić information content (AvgIpc) is 2.86. The molecule has 2 rings (SSSR count). The van der Waals surface area contributed by atoms with Crippen LogP contribution in [0.25, 0.3) is 5.82 Å². The molecule has 0 aliphatic heterocycles. The molecule has 7 heteroatoms. The van der Waals surface area contributed by atoms with Crippen molar-refractivity contribution in [2.24, 2.45) is 0 Å². The number of carbonyl (C=O) groups is 2. The number of carboxylic acids is 1. The third kappa shape index (κ3) is 3.65. The molecule has 110 valence electrons. The summed E-state index contributed by atoms with van der Waals surface area (Å²) in [6.45, 7) is 2.10. The van der Waals surface area contributed by atoms with E-state index in [0.29, 0.717) is 30.0 Å². The molecule has 2 aromatic heterocycles. The summed E-state index contributed by atoms with van der Waals surface area (Å²) >= 11 is 0. The number of aromatic nitrogens is 3. The van der Waals surface area contributed by atoms with Gasteiger partial charge in [0.25, 0.3) is 5.91 Å². The highest BCUT2D eigenvalue weighted by Gasteiger charge is 2.15. The van der Waals surface area contributed by atoms with Gasteiger partial charge in [-0.25, -0.2) is 9.67 Å². The summed E-state index contributed by atoms with van der Waals surface area (Å²) in [5.74, 6) is -0.497. The highest BCUT2D eigenvalue weighted by Crippen LogP contribution is 2.11. The molecule has 2 N–H and O–H groups in total. The third-order valence-electron chi connectivity index (χ3n) is 2.97. The van der Waals surface area contributed by atoms with Crippen LogP contribution in [0.15, 0.2) is 30.6 Å². The number of hydrogen-bond donors (Lipinski definition) is 2. The van der Waals surface area contributed by atoms with E-state index in [0.717, 1.165) is 0 Å². The lowest BCUT2D eigenvalue weighted by atomic mass is 10.2. The largest absolute Gasteiger partial charge is 0.481 e. The topological polar surface area (TPSA) is 97.1 Å². The maximum Gasteiger partial charge on any atom is 0.303 e. The summed E-state index contributed by atoms with van der Waals surface area (Å²) in [7, 11) is 0. The van der Waals surface area contributed by atoms with Crippen LogP contribution in [-0.4, -0.2) is 38.3 Å². The molecule has 0 radical (unpaired) electrons. The van der Waals surface area contributed by atoms with Crippen molar-refractivity contribution in [3.05, 3.63) is 41.9 Å². The Morgan fingerprint density at radius 1 is 1.38 bits per heavy atom. The molecule has 1 amide bonds. The van der Waals surface area contributed by atoms with Gasteiger partial charge in [-0.15, -0.1) is 0 Å². The standard InChI is InChI=1S/C14H16N4O3/c1-10-11(14(21)16-8-4-6-13(19)20)9-17-18(10)12-5-2-3-7-15-12/h2-3,5,7,9H,4,6,8H2,1H3,(H,16,21)(H,19,20). The van der Waals surface area contributed by atoms with Crippen molar-refractivity contribution >= 4 is 11.9 Å². The van der Waals surface area contributed by atoms with Crippen molar-refractivity contribution in [2.75, 3.05) is 6.54 Å². The first-order valence-corrected chi connectivity index (χ1v) is 6.55. The van der Waals surface area contributed by atoms with E-state index >= 15 is 0 Å². The highest BCUT2D eigenvalue weighted by molar-refractivity contribution is 5.95. The molecule has 2 heterocycles. The molecule has 0 aliphatic rings. The summed E-state index contributed by atoms with van der Waals surface area (Å²) < 4.78 is 1.59. The van der Waals surface area contributed by atoms with Gasteiger partial charge in [0, 0.05) is 19.2 Å². The Morgan fingerprint density at radius 2 is 2.19 bits per heavy atom. The fourth-order valence-corrected chi connectivity index (χ4v) is 1.88. The molecule has 0 fully saturated rings. The number of rotatable bonds is 6. The van der Waals surface area contributed by atoms with Crippen molar-refractivity contribution in [3.63, 3.8) is 0 Å². The summed E-state index contributed by atoms with van der Waals surface area (Å²) in [6, 6.07) is 5.45. The fraction of sp³-hybridized carbons (Fsp3) is 0.286. The molecule has 0 bridgehead atoms. The predicted molar refractivity (Wildman–Crippen MR) is 75.3 cm³/mol. The van der Waals surface area contributed by atoms with Crippen molar-refractivity contribution in [1.29, 1.82) is 0 Å². The summed E-state index contributed by atoms with van der Waals surface area (Å²) in [6.07, 6.45) is 3.57. The molecule has 0 aliphatic carbocycles. The molecule has 7 nitrogen and oxygen atoms in total. The van der Waals surface area contributed by atoms with Gasteiger partial charge in [-0.1, -0.05) is 6.07 Å². The number of pyridine rings is 1. The average molecular weight is 288 g/mol. The first-order valence-electron chi connectivity index (χ1n) is 6.55. The van der Waals surface area contributed by atoms with Crippen LogP contribution < -0.4 is 5.32 Å². The molecule has 21 heavy (non-hydrogen) atoms. The highest BCUT2D eigenvalue weighted by atomic mass is 16.4. The maximum absolute atomic E-state index is 12.0. The monoisotopic (exact) mass is 288 g/mol. The fourth-order valence-electron chi connectivity index (χ4n) is 1.88. The molecule has 0 saturated heterocycles. The van der Waals surface area contributed by atoms with E-state index in [4.69, 9.17) is 5.11 Å². The Hall–Kier alpha value is -2.70. The van der Waals surface area contributed by atoms with E-state index in [9.17, 15) is 9.59 Å². The number of amides is 1. The Kier molecular flexibility index (Phi) is 4.65. The van der Waals surface area contributed by atoms with Gasteiger partial charge in [-0.3, -0.25) is 9.59 Å². The smallest absolute Gasteiger partial charge is 0.303 e. The van der Waals surface area contributed by atoms with E-state index in [1.54, 1.807) is 29.9 Å². The first-order chi connectivity index (χ1) is 10.1. The van der Waals surface area contributed by atoms with Crippen molar-refractivity contribution in [1.82, 2.24) is 20.1 Å². The third-order valence-corrected chi connectivity index (χ3v) is 2.97. The van der Waals surface area contributed by atoms with Crippen LogP contribution in [0.2, 0.25) is 0 Å². The van der Waals surface area contributed by atoms with Crippen molar-refractivity contribution in [2.45, 2.75) is 19.8 Å². The van der Waals surface area contributed by atoms with Crippen LogP contribution >= 0.6 is 0 Å². The predicted octanol–water partition coefficient (Wildman–Crippen LogP) is 1.17. The van der Waals surface area contributed by atoms with Gasteiger partial charge in [0.1, 0.15) is 0 Å². The molecule has 0 spiro atoms. The van der Waals surface area contributed by atoms with Gasteiger partial charge in [-0.05, 0) is 25.5 Å². The van der Waals surface area contributed by atoms with Crippen LogP contribution in [0.3, 0.4) is 0 Å². The summed E-state index contributed by atoms with van der Waals surface area (Å²) in [4.78, 5) is 26.6. The van der Waals surface area contributed by atoms with Crippen LogP contribution in [0.1, 0.15) is 28.9 Å². The minimum atomic E-state index is -0.872. The van der Waals surface area contributed by atoms with Crippen LogP contribution in [-0.2, 0) is 4.79 Å². The second-order valence-corrected chi connectivity index (χ2v) is 4.50. The molecule has 0 atom stereocenters. The molecular weight excluding hydrogens is 272 g/mol. The van der Waals surface area contributed by atoms with Gasteiger partial charge in [-0.2, -0.15) is 5.10 Å². The minimum absolute atomic E-state index is 0.0342. The van der Waals surface area contributed by atoms with Crippen molar-refractivity contribution in [3.8, 4) is 5.82 Å². The van der Waals surface area contributed by atoms with E-state index in [2.05, 4.69) is 15.4 Å². The SMILES string of the molecule is Cc1c(C(=O)NCCCC(=O)O)cnn1-c1ccccn1. The molecule has 0 saturated carbocycles. The number of aliphatic carboxylic acids is 1. The summed E-state index contributed by atoms with van der Waals surface area (Å²) in [5.41, 5.74) is 1.14. The quantitative estimate of drug-likeness (QED) is 0.778. The van der Waals surface area contributed by atoms with Gasteiger partial charge in [0.05, 0.1) is 17.5 Å². The van der Waals surface area contributed by atoms with Crippen LogP contribution in [0, 0.1) is 6.92 Å². The second-order valence-electron chi connectivity index (χ2n) is 4.50. The zero-order chi connectivity index (χ0) is 15.2. The zero-order valence-electron chi connectivity index (χ0n) is 11.6. The lowest BCUT2D eigenvalue weighted by Crippen LogP contribution is -2.25. The van der Waals surface area contributed by atoms with Gasteiger partial charge in [0.2, 0.25) is 0 Å². The van der Waals surface area contributed by atoms with Crippen LogP contribution in [0.4, 0.5) is 0 Å². The molecule has 0 aromatic carbocycles. The normalized spacial score (nSPS) is 10.3. The van der Waals surface area contributed by atoms with E-state index in [1.807, 2.05) is 6.07 Å². The van der Waals surface area contributed by atoms with Gasteiger partial charge >= 0.3 is 5.97 Å². The number of hydrogen-bond acceptors (Lipinski definition) is 4. The maximum atomic E-state index is 12.0. The number of nitrogens with zero attached hydrogens (tertiary/aromatic N) is 3. The lowest BCUT2D eigenvalue weighted by Gasteiger charge is -2.05. The van der Waals surface area contributed by atoms with Crippen molar-refractivity contribution < 1.29 is 14.7 Å². The molecule has 2 aromatic rings. The molecule has 0 unspecified atom stereocenters. The van der Waals surface area contributed by atoms with Gasteiger partial charge < -0.3 is 10.4 Å². The van der Waals surface area contributed by atoms with Gasteiger partial charge in [0.15, 0.2) is 5.82 Å². The van der Waals surface area contributed by atoms with E-state index < -0.39 is 5.97 Å². The summed E-state index contributed by atoms with van der Waals surface area (Å²) in [5, 5.41) is 15.4. The lowest BCUT2D eigenvalue weighted by molar-refractivity contribution is -0.137. The Morgan fingerprint density at radius 3 is 2.86 bits per heavy atom. The molecular formula is C14H16N4O3. The number of carboxylic acid groups (broad SMARTS) is 1. The Bertz CT molecular complexity index is 637. The van der Waals surface area contributed by atoms with E-state index in [-0.39, 0.29) is 12.3 Å². The Balaban J connectivity index is 2.03. The van der Waals surface area contributed by atoms with E-state index in [1.165, 1.54) is 6.20 Å². The van der Waals surface area contributed by atoms with Crippen LogP contribution in [0.5, 0.6) is 0 Å².